The number of carbonyl (C=O) groups excluding carboxylic acids is 2. The molecule has 0 atom stereocenters. The van der Waals surface area contributed by atoms with Crippen LogP contribution in [-0.4, -0.2) is 22.5 Å². The fourth-order valence-corrected chi connectivity index (χ4v) is 1.46. The first kappa shape index (κ1) is 13.6. The van der Waals surface area contributed by atoms with Gasteiger partial charge in [-0.2, -0.15) is 5.10 Å². The van der Waals surface area contributed by atoms with Gasteiger partial charge in [0.15, 0.2) is 0 Å². The Morgan fingerprint density at radius 1 is 1.30 bits per heavy atom. The monoisotopic (exact) mass is 274 g/mol. The van der Waals surface area contributed by atoms with Crippen molar-refractivity contribution in [1.82, 2.24) is 15.7 Å². The number of H-pyrrole nitrogens is 1. The second kappa shape index (κ2) is 6.37. The molecule has 7 heteroatoms. The van der Waals surface area contributed by atoms with Crippen LogP contribution in [0.25, 0.3) is 0 Å². The topological polar surface area (TPSA) is 99.5 Å². The number of hydrazone groups is 1. The number of carbonyl (C=O) groups is 2. The van der Waals surface area contributed by atoms with E-state index in [1.165, 1.54) is 6.26 Å². The molecule has 0 bridgehead atoms. The molecule has 0 aliphatic carbocycles. The van der Waals surface area contributed by atoms with E-state index in [-0.39, 0.29) is 6.54 Å². The van der Waals surface area contributed by atoms with E-state index in [1.54, 1.807) is 25.3 Å². The maximum Gasteiger partial charge on any atom is 0.329 e. The first-order valence-electron chi connectivity index (χ1n) is 5.95. The molecule has 0 aliphatic heterocycles. The van der Waals surface area contributed by atoms with Crippen LogP contribution in [0.1, 0.15) is 18.4 Å². The molecule has 2 heterocycles. The molecule has 0 radical (unpaired) electrons. The van der Waals surface area contributed by atoms with E-state index in [1.807, 2.05) is 12.1 Å². The largest absolute Gasteiger partial charge is 0.467 e. The van der Waals surface area contributed by atoms with Crippen LogP contribution in [0, 0.1) is 0 Å². The summed E-state index contributed by atoms with van der Waals surface area (Å²) in [5.74, 6) is -1.04. The summed E-state index contributed by atoms with van der Waals surface area (Å²) in [6, 6.07) is 7.02. The highest BCUT2D eigenvalue weighted by Crippen LogP contribution is 1.98. The highest BCUT2D eigenvalue weighted by Gasteiger charge is 2.13. The van der Waals surface area contributed by atoms with Crippen molar-refractivity contribution in [3.8, 4) is 0 Å². The lowest BCUT2D eigenvalue weighted by atomic mass is 10.3. The van der Waals surface area contributed by atoms with Crippen molar-refractivity contribution in [2.75, 3.05) is 0 Å². The van der Waals surface area contributed by atoms with Gasteiger partial charge >= 0.3 is 11.8 Å². The lowest BCUT2D eigenvalue weighted by Gasteiger charge is -2.02. The highest BCUT2D eigenvalue weighted by molar-refractivity contribution is 6.35. The SMILES string of the molecule is C/C(=N\NC(=O)C(=O)NCc1ccco1)c1ccc[nH]1. The molecule has 0 saturated heterocycles. The van der Waals surface area contributed by atoms with E-state index in [0.29, 0.717) is 11.5 Å². The average Bonchev–Trinajstić information content (AvgIpc) is 3.13. The Kier molecular flexibility index (Phi) is 4.33. The Labute approximate surface area is 115 Å². The van der Waals surface area contributed by atoms with Crippen molar-refractivity contribution in [1.29, 1.82) is 0 Å². The highest BCUT2D eigenvalue weighted by atomic mass is 16.3. The molecule has 0 aliphatic rings. The summed E-state index contributed by atoms with van der Waals surface area (Å²) in [7, 11) is 0. The summed E-state index contributed by atoms with van der Waals surface area (Å²) >= 11 is 0. The third-order valence-electron chi connectivity index (χ3n) is 2.52. The quantitative estimate of drug-likeness (QED) is 0.436. The van der Waals surface area contributed by atoms with Crippen LogP contribution in [0.3, 0.4) is 0 Å². The zero-order chi connectivity index (χ0) is 14.4. The average molecular weight is 274 g/mol. The van der Waals surface area contributed by atoms with E-state index in [2.05, 4.69) is 20.8 Å². The van der Waals surface area contributed by atoms with Crippen LogP contribution in [0.15, 0.2) is 46.2 Å². The first-order valence-corrected chi connectivity index (χ1v) is 5.95. The predicted octanol–water partition coefficient (Wildman–Crippen LogP) is 0.764. The van der Waals surface area contributed by atoms with Crippen LogP contribution in [0.5, 0.6) is 0 Å². The number of rotatable bonds is 4. The number of aromatic nitrogens is 1. The third kappa shape index (κ3) is 3.58. The van der Waals surface area contributed by atoms with Gasteiger partial charge in [0.05, 0.1) is 24.2 Å². The number of hydrogen-bond donors (Lipinski definition) is 3. The molecular formula is C13H14N4O3. The maximum atomic E-state index is 11.5. The lowest BCUT2D eigenvalue weighted by Crippen LogP contribution is -2.37. The predicted molar refractivity (Wildman–Crippen MR) is 71.7 cm³/mol. The van der Waals surface area contributed by atoms with Crippen molar-refractivity contribution < 1.29 is 14.0 Å². The van der Waals surface area contributed by atoms with Gasteiger partial charge in [-0.1, -0.05) is 0 Å². The number of amides is 2. The Hall–Kier alpha value is -2.83. The summed E-state index contributed by atoms with van der Waals surface area (Å²) in [5.41, 5.74) is 3.52. The molecule has 0 fully saturated rings. The molecule has 2 aromatic heterocycles. The molecule has 7 nitrogen and oxygen atoms in total. The van der Waals surface area contributed by atoms with Gasteiger partial charge < -0.3 is 14.7 Å². The van der Waals surface area contributed by atoms with Crippen molar-refractivity contribution in [2.24, 2.45) is 5.10 Å². The van der Waals surface area contributed by atoms with Gasteiger partial charge in [0.25, 0.3) is 0 Å². The Morgan fingerprint density at radius 3 is 2.80 bits per heavy atom. The molecule has 0 aromatic carbocycles. The smallest absolute Gasteiger partial charge is 0.329 e. The van der Waals surface area contributed by atoms with Crippen molar-refractivity contribution >= 4 is 17.5 Å². The van der Waals surface area contributed by atoms with Gasteiger partial charge in [0, 0.05) is 6.20 Å². The maximum absolute atomic E-state index is 11.5. The second-order valence-electron chi connectivity index (χ2n) is 3.98. The van der Waals surface area contributed by atoms with Crippen LogP contribution in [0.4, 0.5) is 0 Å². The fourth-order valence-electron chi connectivity index (χ4n) is 1.46. The number of nitrogens with one attached hydrogen (secondary N) is 3. The second-order valence-corrected chi connectivity index (χ2v) is 3.98. The van der Waals surface area contributed by atoms with Crippen molar-refractivity contribution in [3.05, 3.63) is 48.2 Å². The standard InChI is InChI=1S/C13H14N4O3/c1-9(11-5-2-6-14-11)16-17-13(19)12(18)15-8-10-4-3-7-20-10/h2-7,14H,8H2,1H3,(H,15,18)(H,17,19)/b16-9+. The van der Waals surface area contributed by atoms with Crippen molar-refractivity contribution in [2.45, 2.75) is 13.5 Å². The van der Waals surface area contributed by atoms with E-state index in [9.17, 15) is 9.59 Å². The summed E-state index contributed by atoms with van der Waals surface area (Å²) < 4.78 is 5.03. The van der Waals surface area contributed by atoms with E-state index < -0.39 is 11.8 Å². The third-order valence-corrected chi connectivity index (χ3v) is 2.52. The van der Waals surface area contributed by atoms with Crippen LogP contribution in [-0.2, 0) is 16.1 Å². The summed E-state index contributed by atoms with van der Waals surface area (Å²) in [6.07, 6.45) is 3.23. The van der Waals surface area contributed by atoms with Gasteiger partial charge in [-0.05, 0) is 31.2 Å². The molecule has 2 aromatic rings. The number of furan rings is 1. The van der Waals surface area contributed by atoms with Gasteiger partial charge in [0.1, 0.15) is 5.76 Å². The van der Waals surface area contributed by atoms with Gasteiger partial charge in [-0.25, -0.2) is 5.43 Å². The van der Waals surface area contributed by atoms with E-state index in [4.69, 9.17) is 4.42 Å². The van der Waals surface area contributed by atoms with Gasteiger partial charge in [0.2, 0.25) is 0 Å². The van der Waals surface area contributed by atoms with E-state index in [0.717, 1.165) is 5.69 Å². The van der Waals surface area contributed by atoms with E-state index >= 15 is 0 Å². The fraction of sp³-hybridized carbons (Fsp3) is 0.154. The molecule has 0 spiro atoms. The molecule has 0 unspecified atom stereocenters. The number of aromatic amines is 1. The summed E-state index contributed by atoms with van der Waals surface area (Å²) in [6.45, 7) is 1.87. The first-order chi connectivity index (χ1) is 9.66. The molecular weight excluding hydrogens is 260 g/mol. The minimum Gasteiger partial charge on any atom is -0.467 e. The Bertz CT molecular complexity index is 600. The van der Waals surface area contributed by atoms with Crippen LogP contribution in [0.2, 0.25) is 0 Å². The van der Waals surface area contributed by atoms with Crippen molar-refractivity contribution in [3.63, 3.8) is 0 Å². The van der Waals surface area contributed by atoms with Gasteiger partial charge in [-0.3, -0.25) is 9.59 Å². The minimum absolute atomic E-state index is 0.151. The molecule has 0 saturated carbocycles. The van der Waals surface area contributed by atoms with Crippen LogP contribution < -0.4 is 10.7 Å². The normalized spacial score (nSPS) is 11.2. The molecule has 3 N–H and O–H groups in total. The molecule has 2 amide bonds. The summed E-state index contributed by atoms with van der Waals surface area (Å²) in [4.78, 5) is 25.9. The molecule has 104 valence electrons. The number of hydrogen-bond acceptors (Lipinski definition) is 4. The zero-order valence-electron chi connectivity index (χ0n) is 10.8. The number of nitrogens with zero attached hydrogens (tertiary/aromatic N) is 1. The van der Waals surface area contributed by atoms with Crippen LogP contribution >= 0.6 is 0 Å². The Morgan fingerprint density at radius 2 is 2.15 bits per heavy atom. The summed E-state index contributed by atoms with van der Waals surface area (Å²) in [5, 5.41) is 6.26. The molecule has 20 heavy (non-hydrogen) atoms. The lowest BCUT2D eigenvalue weighted by molar-refractivity contribution is -0.139. The Balaban J connectivity index is 1.82. The minimum atomic E-state index is -0.831. The zero-order valence-corrected chi connectivity index (χ0v) is 10.8. The molecule has 2 rings (SSSR count). The van der Waals surface area contributed by atoms with Gasteiger partial charge in [-0.15, -0.1) is 0 Å².